The third kappa shape index (κ3) is 4.76. The molecule has 0 bridgehead atoms. The summed E-state index contributed by atoms with van der Waals surface area (Å²) in [6.45, 7) is 1.54. The maximum absolute atomic E-state index is 12.8. The van der Waals surface area contributed by atoms with Crippen molar-refractivity contribution >= 4 is 32.6 Å². The molecule has 0 aliphatic carbocycles. The van der Waals surface area contributed by atoms with Crippen LogP contribution in [0.5, 0.6) is 5.75 Å². The summed E-state index contributed by atoms with van der Waals surface area (Å²) in [4.78, 5) is 32.1. The minimum atomic E-state index is -3.97. The number of aryl methyl sites for hydroxylation is 1. The Morgan fingerprint density at radius 1 is 1.03 bits per heavy atom. The molecule has 0 fully saturated rings. The topological polar surface area (TPSA) is 127 Å². The summed E-state index contributed by atoms with van der Waals surface area (Å²) in [5.41, 5.74) is 1.06. The van der Waals surface area contributed by atoms with Gasteiger partial charge in [-0.25, -0.2) is 18.2 Å². The Kier molecular flexibility index (Phi) is 6.33. The number of aromatic nitrogens is 2. The molecule has 4 rings (SSSR count). The van der Waals surface area contributed by atoms with Crippen molar-refractivity contribution in [2.24, 2.45) is 0 Å². The summed E-state index contributed by atoms with van der Waals surface area (Å²) < 4.78 is 38.4. The first-order chi connectivity index (χ1) is 16.3. The Hall–Kier alpha value is -4.18. The zero-order chi connectivity index (χ0) is 24.3. The molecule has 34 heavy (non-hydrogen) atoms. The molecule has 0 spiro atoms. The van der Waals surface area contributed by atoms with E-state index in [1.54, 1.807) is 24.3 Å². The molecule has 0 saturated heterocycles. The van der Waals surface area contributed by atoms with E-state index in [2.05, 4.69) is 14.7 Å². The first-order valence-electron chi connectivity index (χ1n) is 10.2. The summed E-state index contributed by atoms with van der Waals surface area (Å²) >= 11 is 0. The monoisotopic (exact) mass is 479 g/mol. The second-order valence-electron chi connectivity index (χ2n) is 7.39. The van der Waals surface area contributed by atoms with Gasteiger partial charge in [0.25, 0.3) is 15.6 Å². The van der Waals surface area contributed by atoms with Crippen LogP contribution < -0.4 is 15.0 Å². The highest BCUT2D eigenvalue weighted by molar-refractivity contribution is 7.92. The van der Waals surface area contributed by atoms with Crippen LogP contribution >= 0.6 is 0 Å². The van der Waals surface area contributed by atoms with Crippen LogP contribution in [0.15, 0.2) is 76.4 Å². The zero-order valence-corrected chi connectivity index (χ0v) is 19.2. The van der Waals surface area contributed by atoms with E-state index < -0.39 is 16.0 Å². The Labute approximate surface area is 195 Å². The largest absolute Gasteiger partial charge is 0.497 e. The fraction of sp³-hybridized carbons (Fsp3) is 0.125. The van der Waals surface area contributed by atoms with Gasteiger partial charge in [0.15, 0.2) is 0 Å². The highest BCUT2D eigenvalue weighted by atomic mass is 32.2. The Morgan fingerprint density at radius 3 is 2.50 bits per heavy atom. The van der Waals surface area contributed by atoms with E-state index in [0.29, 0.717) is 16.7 Å². The predicted octanol–water partition coefficient (Wildman–Crippen LogP) is 3.40. The Morgan fingerprint density at radius 2 is 1.76 bits per heavy atom. The van der Waals surface area contributed by atoms with E-state index in [0.717, 1.165) is 5.56 Å². The van der Waals surface area contributed by atoms with Gasteiger partial charge in [-0.05, 0) is 55.0 Å². The summed E-state index contributed by atoms with van der Waals surface area (Å²) in [7, 11) is -2.49. The van der Waals surface area contributed by atoms with E-state index in [9.17, 15) is 18.0 Å². The normalized spacial score (nSPS) is 11.2. The number of nitrogens with zero attached hydrogens (tertiary/aromatic N) is 1. The van der Waals surface area contributed by atoms with E-state index in [1.165, 1.54) is 43.5 Å². The van der Waals surface area contributed by atoms with Gasteiger partial charge in [-0.2, -0.15) is 0 Å². The van der Waals surface area contributed by atoms with E-state index in [4.69, 9.17) is 9.47 Å². The molecule has 0 amide bonds. The van der Waals surface area contributed by atoms with Gasteiger partial charge in [-0.3, -0.25) is 9.52 Å². The number of carbonyl (C=O) groups is 1. The number of H-pyrrole nitrogens is 1. The molecule has 2 N–H and O–H groups in total. The molecule has 0 saturated carbocycles. The average Bonchev–Trinajstić information content (AvgIpc) is 2.83. The number of sulfonamides is 1. The highest BCUT2D eigenvalue weighted by Gasteiger charge is 2.20. The second kappa shape index (κ2) is 9.36. The van der Waals surface area contributed by atoms with Crippen molar-refractivity contribution in [1.29, 1.82) is 0 Å². The van der Waals surface area contributed by atoms with E-state index >= 15 is 0 Å². The predicted molar refractivity (Wildman–Crippen MR) is 126 cm³/mol. The molecule has 10 heteroatoms. The standard InChI is InChI=1S/C24H21N3O6S/c1-15-6-5-8-19-22(15)25-21(26-23(19)28)14-33-24(29)18-7-3-4-9-20(18)27-34(30,31)17-12-10-16(32-2)11-13-17/h3-13,27H,14H2,1-2H3,(H,25,26,28). The van der Waals surface area contributed by atoms with Crippen LogP contribution in [0.2, 0.25) is 0 Å². The molecule has 0 atom stereocenters. The summed E-state index contributed by atoms with van der Waals surface area (Å²) in [5, 5.41) is 0.438. The van der Waals surface area contributed by atoms with Crippen molar-refractivity contribution in [3.8, 4) is 5.75 Å². The Bertz CT molecular complexity index is 1530. The molecule has 174 valence electrons. The maximum atomic E-state index is 12.8. The molecule has 0 radical (unpaired) electrons. The third-order valence-corrected chi connectivity index (χ3v) is 6.47. The van der Waals surface area contributed by atoms with Crippen LogP contribution in [0.25, 0.3) is 10.9 Å². The summed E-state index contributed by atoms with van der Waals surface area (Å²) in [6.07, 6.45) is 0. The van der Waals surface area contributed by atoms with Crippen molar-refractivity contribution in [2.75, 3.05) is 11.8 Å². The Balaban J connectivity index is 1.54. The van der Waals surface area contributed by atoms with Crippen molar-refractivity contribution in [1.82, 2.24) is 9.97 Å². The van der Waals surface area contributed by atoms with Gasteiger partial charge in [0.2, 0.25) is 0 Å². The number of benzene rings is 3. The smallest absolute Gasteiger partial charge is 0.340 e. The molecule has 0 aliphatic rings. The lowest BCUT2D eigenvalue weighted by molar-refractivity contribution is 0.0463. The van der Waals surface area contributed by atoms with E-state index in [-0.39, 0.29) is 34.1 Å². The number of nitrogens with one attached hydrogen (secondary N) is 2. The van der Waals surface area contributed by atoms with Crippen molar-refractivity contribution in [3.05, 3.63) is 94.0 Å². The van der Waals surface area contributed by atoms with Crippen LogP contribution in [-0.4, -0.2) is 31.5 Å². The van der Waals surface area contributed by atoms with Gasteiger partial charge in [0, 0.05) is 0 Å². The van der Waals surface area contributed by atoms with Gasteiger partial charge in [-0.1, -0.05) is 24.3 Å². The lowest BCUT2D eigenvalue weighted by atomic mass is 10.1. The molecule has 4 aromatic rings. The van der Waals surface area contributed by atoms with Gasteiger partial charge in [-0.15, -0.1) is 0 Å². The number of fused-ring (bicyclic) bond motifs is 1. The highest BCUT2D eigenvalue weighted by Crippen LogP contribution is 2.23. The second-order valence-corrected chi connectivity index (χ2v) is 9.07. The fourth-order valence-corrected chi connectivity index (χ4v) is 4.42. The number of para-hydroxylation sites is 2. The van der Waals surface area contributed by atoms with Crippen LogP contribution in [0.1, 0.15) is 21.7 Å². The van der Waals surface area contributed by atoms with Crippen molar-refractivity contribution < 1.29 is 22.7 Å². The first kappa shape index (κ1) is 23.0. The minimum Gasteiger partial charge on any atom is -0.497 e. The number of carbonyl (C=O) groups excluding carboxylic acids is 1. The van der Waals surface area contributed by atoms with Crippen molar-refractivity contribution in [3.63, 3.8) is 0 Å². The fourth-order valence-electron chi connectivity index (χ4n) is 3.34. The number of esters is 1. The maximum Gasteiger partial charge on any atom is 0.340 e. The zero-order valence-electron chi connectivity index (χ0n) is 18.4. The van der Waals surface area contributed by atoms with Crippen LogP contribution in [0, 0.1) is 6.92 Å². The SMILES string of the molecule is COc1ccc(S(=O)(=O)Nc2ccccc2C(=O)OCc2nc3c(C)cccc3c(=O)[nH]2)cc1. The van der Waals surface area contributed by atoms with Gasteiger partial charge >= 0.3 is 5.97 Å². The molecule has 9 nitrogen and oxygen atoms in total. The lowest BCUT2D eigenvalue weighted by Gasteiger charge is -2.13. The van der Waals surface area contributed by atoms with Crippen LogP contribution in [0.4, 0.5) is 5.69 Å². The van der Waals surface area contributed by atoms with Gasteiger partial charge < -0.3 is 14.5 Å². The number of hydrogen-bond donors (Lipinski definition) is 2. The number of ether oxygens (including phenoxy) is 2. The number of rotatable bonds is 7. The average molecular weight is 480 g/mol. The molecule has 3 aromatic carbocycles. The number of aromatic amines is 1. The summed E-state index contributed by atoms with van der Waals surface area (Å²) in [6, 6.07) is 17.2. The molecular weight excluding hydrogens is 458 g/mol. The van der Waals surface area contributed by atoms with Crippen molar-refractivity contribution in [2.45, 2.75) is 18.4 Å². The molecule has 1 aromatic heterocycles. The first-order valence-corrected chi connectivity index (χ1v) is 11.7. The van der Waals surface area contributed by atoms with E-state index in [1.807, 2.05) is 13.0 Å². The number of methoxy groups -OCH3 is 1. The van der Waals surface area contributed by atoms with Gasteiger partial charge in [0.05, 0.1) is 34.2 Å². The molecular formula is C24H21N3O6S. The minimum absolute atomic E-state index is 0.00443. The molecule has 0 unspecified atom stereocenters. The van der Waals surface area contributed by atoms with Crippen LogP contribution in [-0.2, 0) is 21.4 Å². The molecule has 1 heterocycles. The summed E-state index contributed by atoms with van der Waals surface area (Å²) in [5.74, 6) is -0.0875. The molecule has 0 aliphatic heterocycles. The quantitative estimate of drug-likeness (QED) is 0.389. The van der Waals surface area contributed by atoms with Crippen LogP contribution in [0.3, 0.4) is 0 Å². The number of anilines is 1. The third-order valence-electron chi connectivity index (χ3n) is 5.09. The number of hydrogen-bond acceptors (Lipinski definition) is 7. The lowest BCUT2D eigenvalue weighted by Crippen LogP contribution is -2.18. The van der Waals surface area contributed by atoms with Gasteiger partial charge in [0.1, 0.15) is 18.2 Å².